The van der Waals surface area contributed by atoms with Crippen molar-refractivity contribution in [2.45, 2.75) is 0 Å². The molecule has 0 N–H and O–H groups in total. The summed E-state index contributed by atoms with van der Waals surface area (Å²) in [6.07, 6.45) is 2.92. The highest BCUT2D eigenvalue weighted by Gasteiger charge is 2.14. The van der Waals surface area contributed by atoms with E-state index in [0.29, 0.717) is 11.1 Å². The molecule has 0 spiro atoms. The monoisotopic (exact) mass is 353 g/mol. The molecule has 0 aromatic heterocycles. The van der Waals surface area contributed by atoms with Gasteiger partial charge in [0.25, 0.3) is 5.69 Å². The molecule has 0 radical (unpaired) electrons. The summed E-state index contributed by atoms with van der Waals surface area (Å²) in [5.41, 5.74) is 0.989. The van der Waals surface area contributed by atoms with Gasteiger partial charge in [-0.15, -0.1) is 0 Å². The molecular formula is C23H15NO3. The van der Waals surface area contributed by atoms with E-state index < -0.39 is 4.92 Å². The second-order valence-corrected chi connectivity index (χ2v) is 6.21. The van der Waals surface area contributed by atoms with Crippen molar-refractivity contribution in [2.24, 2.45) is 0 Å². The molecule has 0 aliphatic carbocycles. The molecule has 0 unspecified atom stereocenters. The molecule has 0 saturated carbocycles. The Morgan fingerprint density at radius 1 is 0.815 bits per heavy atom. The third kappa shape index (κ3) is 3.09. The maximum absolute atomic E-state index is 13.1. The minimum atomic E-state index is -0.447. The van der Waals surface area contributed by atoms with Crippen LogP contribution < -0.4 is 0 Å². The number of nitro benzene ring substituents is 1. The Kier molecular flexibility index (Phi) is 4.22. The van der Waals surface area contributed by atoms with Crippen molar-refractivity contribution < 1.29 is 9.72 Å². The van der Waals surface area contributed by atoms with Crippen molar-refractivity contribution in [1.29, 1.82) is 0 Å². The Balaban J connectivity index is 1.86. The lowest BCUT2D eigenvalue weighted by molar-refractivity contribution is -0.385. The van der Waals surface area contributed by atoms with Crippen LogP contribution in [0.2, 0.25) is 0 Å². The maximum Gasteiger partial charge on any atom is 0.276 e. The molecule has 130 valence electrons. The quantitative estimate of drug-likeness (QED) is 0.153. The molecule has 0 saturated heterocycles. The first-order valence-corrected chi connectivity index (χ1v) is 8.51. The SMILES string of the molecule is O=C(C=Cc1ccccc1[N+](=O)[O-])c1c2ccccc2cc2ccccc12. The summed E-state index contributed by atoms with van der Waals surface area (Å²) in [6, 6.07) is 23.9. The summed E-state index contributed by atoms with van der Waals surface area (Å²) in [6.45, 7) is 0. The maximum atomic E-state index is 13.1. The van der Waals surface area contributed by atoms with Gasteiger partial charge in [-0.1, -0.05) is 60.7 Å². The summed E-state index contributed by atoms with van der Waals surface area (Å²) in [5.74, 6) is -0.179. The van der Waals surface area contributed by atoms with E-state index in [9.17, 15) is 14.9 Å². The van der Waals surface area contributed by atoms with Gasteiger partial charge in [-0.25, -0.2) is 0 Å². The highest BCUT2D eigenvalue weighted by atomic mass is 16.6. The lowest BCUT2D eigenvalue weighted by Crippen LogP contribution is -1.98. The molecule has 0 fully saturated rings. The first kappa shape index (κ1) is 16.7. The lowest BCUT2D eigenvalue weighted by atomic mass is 9.94. The zero-order chi connectivity index (χ0) is 18.8. The van der Waals surface area contributed by atoms with Crippen LogP contribution in [0.4, 0.5) is 5.69 Å². The highest BCUT2D eigenvalue weighted by Crippen LogP contribution is 2.29. The van der Waals surface area contributed by atoms with Gasteiger partial charge in [0, 0.05) is 11.6 Å². The molecular weight excluding hydrogens is 338 g/mol. The average Bonchev–Trinajstić information content (AvgIpc) is 2.70. The minimum Gasteiger partial charge on any atom is -0.289 e. The summed E-state index contributed by atoms with van der Waals surface area (Å²) in [5, 5.41) is 14.9. The van der Waals surface area contributed by atoms with Gasteiger partial charge in [0.15, 0.2) is 5.78 Å². The van der Waals surface area contributed by atoms with E-state index in [1.165, 1.54) is 18.2 Å². The van der Waals surface area contributed by atoms with Crippen LogP contribution in [0, 0.1) is 10.1 Å². The van der Waals surface area contributed by atoms with Crippen LogP contribution in [-0.4, -0.2) is 10.7 Å². The summed E-state index contributed by atoms with van der Waals surface area (Å²) in [7, 11) is 0. The Labute approximate surface area is 155 Å². The molecule has 0 aliphatic rings. The van der Waals surface area contributed by atoms with Crippen molar-refractivity contribution in [3.8, 4) is 0 Å². The molecule has 4 nitrogen and oxygen atoms in total. The van der Waals surface area contributed by atoms with Crippen molar-refractivity contribution in [3.63, 3.8) is 0 Å². The number of ketones is 1. The predicted molar refractivity (Wildman–Crippen MR) is 108 cm³/mol. The fourth-order valence-corrected chi connectivity index (χ4v) is 3.32. The first-order valence-electron chi connectivity index (χ1n) is 8.51. The molecule has 27 heavy (non-hydrogen) atoms. The summed E-state index contributed by atoms with van der Waals surface area (Å²) in [4.78, 5) is 23.8. The summed E-state index contributed by atoms with van der Waals surface area (Å²) < 4.78 is 0. The second kappa shape index (κ2) is 6.84. The second-order valence-electron chi connectivity index (χ2n) is 6.21. The van der Waals surface area contributed by atoms with Crippen molar-refractivity contribution >= 4 is 39.1 Å². The van der Waals surface area contributed by atoms with Crippen LogP contribution in [-0.2, 0) is 0 Å². The lowest BCUT2D eigenvalue weighted by Gasteiger charge is -2.09. The molecule has 4 aromatic carbocycles. The zero-order valence-electron chi connectivity index (χ0n) is 14.3. The Morgan fingerprint density at radius 3 is 2.00 bits per heavy atom. The van der Waals surface area contributed by atoms with Crippen molar-refractivity contribution in [2.75, 3.05) is 0 Å². The number of carbonyl (C=O) groups is 1. The molecule has 0 aliphatic heterocycles. The van der Waals surface area contributed by atoms with Crippen LogP contribution in [0.5, 0.6) is 0 Å². The third-order valence-electron chi connectivity index (χ3n) is 4.57. The Morgan fingerprint density at radius 2 is 1.37 bits per heavy atom. The van der Waals surface area contributed by atoms with Gasteiger partial charge in [0.2, 0.25) is 0 Å². The molecule has 0 bridgehead atoms. The van der Waals surface area contributed by atoms with Gasteiger partial charge in [-0.3, -0.25) is 14.9 Å². The normalized spacial score (nSPS) is 11.3. The molecule has 4 rings (SSSR count). The number of hydrogen-bond acceptors (Lipinski definition) is 3. The van der Waals surface area contributed by atoms with E-state index in [4.69, 9.17) is 0 Å². The number of fused-ring (bicyclic) bond motifs is 2. The van der Waals surface area contributed by atoms with Crippen molar-refractivity contribution in [1.82, 2.24) is 0 Å². The van der Waals surface area contributed by atoms with Gasteiger partial charge in [-0.05, 0) is 45.8 Å². The topological polar surface area (TPSA) is 60.2 Å². The highest BCUT2D eigenvalue weighted by molar-refractivity contribution is 6.23. The minimum absolute atomic E-state index is 0.0238. The van der Waals surface area contributed by atoms with Gasteiger partial charge in [0.05, 0.1) is 10.5 Å². The number of rotatable bonds is 4. The van der Waals surface area contributed by atoms with E-state index in [1.807, 2.05) is 48.5 Å². The van der Waals surface area contributed by atoms with E-state index in [1.54, 1.807) is 18.2 Å². The van der Waals surface area contributed by atoms with E-state index in [0.717, 1.165) is 21.5 Å². The van der Waals surface area contributed by atoms with E-state index in [2.05, 4.69) is 6.07 Å². The van der Waals surface area contributed by atoms with Crippen LogP contribution in [0.1, 0.15) is 15.9 Å². The molecule has 0 heterocycles. The smallest absolute Gasteiger partial charge is 0.276 e. The largest absolute Gasteiger partial charge is 0.289 e. The average molecular weight is 353 g/mol. The number of benzene rings is 4. The van der Waals surface area contributed by atoms with Crippen LogP contribution >= 0.6 is 0 Å². The zero-order valence-corrected chi connectivity index (χ0v) is 14.3. The third-order valence-corrected chi connectivity index (χ3v) is 4.57. The van der Waals surface area contributed by atoms with Gasteiger partial charge in [-0.2, -0.15) is 0 Å². The number of para-hydroxylation sites is 1. The predicted octanol–water partition coefficient (Wildman–Crippen LogP) is 5.80. The number of hydrogen-bond donors (Lipinski definition) is 0. The number of nitro groups is 1. The van der Waals surface area contributed by atoms with Gasteiger partial charge < -0.3 is 0 Å². The standard InChI is InChI=1S/C23H15NO3/c25-22(14-13-16-7-3-6-12-21(16)24(26)27)23-19-10-4-1-8-17(19)15-18-9-2-5-11-20(18)23/h1-15H. The number of allylic oxidation sites excluding steroid dienone is 1. The fraction of sp³-hybridized carbons (Fsp3) is 0. The van der Waals surface area contributed by atoms with E-state index >= 15 is 0 Å². The van der Waals surface area contributed by atoms with Crippen molar-refractivity contribution in [3.05, 3.63) is 106 Å². The molecule has 4 heteroatoms. The first-order chi connectivity index (χ1) is 13.1. The molecule has 0 amide bonds. The fourth-order valence-electron chi connectivity index (χ4n) is 3.32. The number of carbonyl (C=O) groups excluding carboxylic acids is 1. The molecule has 0 atom stereocenters. The van der Waals surface area contributed by atoms with Crippen LogP contribution in [0.15, 0.2) is 84.9 Å². The van der Waals surface area contributed by atoms with E-state index in [-0.39, 0.29) is 11.5 Å². The number of nitrogens with zero attached hydrogens (tertiary/aromatic N) is 1. The molecule has 4 aromatic rings. The Hall–Kier alpha value is -3.79. The Bertz CT molecular complexity index is 1170. The summed E-state index contributed by atoms with van der Waals surface area (Å²) >= 11 is 0. The van der Waals surface area contributed by atoms with Crippen LogP contribution in [0.3, 0.4) is 0 Å². The van der Waals surface area contributed by atoms with Gasteiger partial charge in [0.1, 0.15) is 0 Å². The van der Waals surface area contributed by atoms with Gasteiger partial charge >= 0.3 is 0 Å². The van der Waals surface area contributed by atoms with Crippen LogP contribution in [0.25, 0.3) is 27.6 Å².